The predicted octanol–water partition coefficient (Wildman–Crippen LogP) is 5.69. The van der Waals surface area contributed by atoms with Crippen molar-refractivity contribution in [3.8, 4) is 17.2 Å². The molecule has 136 valence electrons. The molecule has 0 fully saturated rings. The highest BCUT2D eigenvalue weighted by Gasteiger charge is 2.08. The molecule has 0 aliphatic carbocycles. The fourth-order valence-electron chi connectivity index (χ4n) is 1.84. The van der Waals surface area contributed by atoms with E-state index in [9.17, 15) is 4.79 Å². The number of carbonyl (C=O) groups excluding carboxylic acids is 1. The van der Waals surface area contributed by atoms with Gasteiger partial charge in [-0.05, 0) is 44.0 Å². The maximum atomic E-state index is 10.9. The molecule has 0 amide bonds. The van der Waals surface area contributed by atoms with Gasteiger partial charge in [0.2, 0.25) is 0 Å². The van der Waals surface area contributed by atoms with Crippen molar-refractivity contribution in [2.75, 3.05) is 13.7 Å². The number of halogens is 2. The lowest BCUT2D eigenvalue weighted by Gasteiger charge is -2.09. The first-order chi connectivity index (χ1) is 11.8. The number of Topliss-reactive ketones (excluding diaryl/α,β-unsaturated/α-hetero) is 1. The molecule has 1 N–H and O–H groups in total. The molecule has 2 aromatic rings. The SMILES string of the molecule is CC(=O)c1cc(Cl)c(O)c(Cl)c1.CCCOc1cc(OC)ccc1C. The molecule has 0 aromatic heterocycles. The lowest BCUT2D eigenvalue weighted by Crippen LogP contribution is -1.97. The highest BCUT2D eigenvalue weighted by Crippen LogP contribution is 2.32. The van der Waals surface area contributed by atoms with E-state index < -0.39 is 0 Å². The maximum Gasteiger partial charge on any atom is 0.159 e. The van der Waals surface area contributed by atoms with Crippen molar-refractivity contribution >= 4 is 29.0 Å². The number of ether oxygens (including phenoxy) is 2. The van der Waals surface area contributed by atoms with Gasteiger partial charge in [-0.25, -0.2) is 0 Å². The summed E-state index contributed by atoms with van der Waals surface area (Å²) in [5.41, 5.74) is 1.54. The van der Waals surface area contributed by atoms with Gasteiger partial charge < -0.3 is 14.6 Å². The quantitative estimate of drug-likeness (QED) is 0.672. The minimum atomic E-state index is -0.191. The van der Waals surface area contributed by atoms with E-state index in [-0.39, 0.29) is 21.6 Å². The Morgan fingerprint density at radius 3 is 2.24 bits per heavy atom. The number of methoxy groups -OCH3 is 1. The molecule has 4 nitrogen and oxygen atoms in total. The van der Waals surface area contributed by atoms with Gasteiger partial charge in [0, 0.05) is 11.6 Å². The average molecular weight is 385 g/mol. The number of benzene rings is 2. The summed E-state index contributed by atoms with van der Waals surface area (Å²) < 4.78 is 10.7. The third-order valence-corrected chi connectivity index (χ3v) is 3.86. The fourth-order valence-corrected chi connectivity index (χ4v) is 2.33. The van der Waals surface area contributed by atoms with Gasteiger partial charge in [-0.2, -0.15) is 0 Å². The number of rotatable bonds is 5. The van der Waals surface area contributed by atoms with Crippen LogP contribution in [-0.2, 0) is 0 Å². The molecule has 25 heavy (non-hydrogen) atoms. The van der Waals surface area contributed by atoms with Crippen LogP contribution in [0.1, 0.15) is 36.2 Å². The van der Waals surface area contributed by atoms with Gasteiger partial charge >= 0.3 is 0 Å². The molecule has 0 saturated heterocycles. The van der Waals surface area contributed by atoms with E-state index in [0.717, 1.165) is 30.1 Å². The molecule has 0 saturated carbocycles. The minimum Gasteiger partial charge on any atom is -0.505 e. The Hall–Kier alpha value is -1.91. The second kappa shape index (κ2) is 10.2. The van der Waals surface area contributed by atoms with Crippen molar-refractivity contribution in [1.29, 1.82) is 0 Å². The topological polar surface area (TPSA) is 55.8 Å². The number of aryl methyl sites for hydroxylation is 1. The van der Waals surface area contributed by atoms with Gasteiger partial charge in [0.15, 0.2) is 11.5 Å². The minimum absolute atomic E-state index is 0.0905. The van der Waals surface area contributed by atoms with Crippen LogP contribution in [0.3, 0.4) is 0 Å². The van der Waals surface area contributed by atoms with Crippen molar-refractivity contribution in [3.63, 3.8) is 0 Å². The molecule has 0 heterocycles. The van der Waals surface area contributed by atoms with Crippen LogP contribution in [0.15, 0.2) is 30.3 Å². The second-order valence-electron chi connectivity index (χ2n) is 5.32. The van der Waals surface area contributed by atoms with E-state index in [1.54, 1.807) is 7.11 Å². The Labute approximate surface area is 158 Å². The van der Waals surface area contributed by atoms with Crippen molar-refractivity contribution in [3.05, 3.63) is 51.5 Å². The zero-order valence-corrected chi connectivity index (χ0v) is 16.2. The molecule has 2 rings (SSSR count). The van der Waals surface area contributed by atoms with Crippen LogP contribution in [0.25, 0.3) is 0 Å². The molecular weight excluding hydrogens is 363 g/mol. The van der Waals surface area contributed by atoms with E-state index in [2.05, 4.69) is 6.92 Å². The van der Waals surface area contributed by atoms with E-state index >= 15 is 0 Å². The third kappa shape index (κ3) is 6.48. The first-order valence-electron chi connectivity index (χ1n) is 7.76. The molecule has 0 atom stereocenters. The highest BCUT2D eigenvalue weighted by atomic mass is 35.5. The molecule has 0 radical (unpaired) electrons. The first-order valence-corrected chi connectivity index (χ1v) is 8.52. The molecule has 0 bridgehead atoms. The number of hydrogen-bond donors (Lipinski definition) is 1. The lowest BCUT2D eigenvalue weighted by molar-refractivity contribution is 0.101. The number of hydrogen-bond acceptors (Lipinski definition) is 4. The molecule has 0 unspecified atom stereocenters. The molecule has 0 spiro atoms. The van der Waals surface area contributed by atoms with Gasteiger partial charge in [0.05, 0.1) is 23.8 Å². The van der Waals surface area contributed by atoms with Crippen molar-refractivity contribution in [2.45, 2.75) is 27.2 Å². The summed E-state index contributed by atoms with van der Waals surface area (Å²) in [5, 5.41) is 9.32. The van der Waals surface area contributed by atoms with Crippen LogP contribution in [0, 0.1) is 6.92 Å². The summed E-state index contributed by atoms with van der Waals surface area (Å²) in [7, 11) is 1.66. The van der Waals surface area contributed by atoms with Crippen LogP contribution >= 0.6 is 23.2 Å². The molecule has 2 aromatic carbocycles. The maximum absolute atomic E-state index is 10.9. The van der Waals surface area contributed by atoms with Crippen molar-refractivity contribution in [1.82, 2.24) is 0 Å². The average Bonchev–Trinajstić information content (AvgIpc) is 2.59. The first kappa shape index (κ1) is 21.1. The summed E-state index contributed by atoms with van der Waals surface area (Å²) in [6.45, 7) is 6.28. The Balaban J connectivity index is 0.000000251. The summed E-state index contributed by atoms with van der Waals surface area (Å²) in [6, 6.07) is 8.62. The monoisotopic (exact) mass is 384 g/mol. The second-order valence-corrected chi connectivity index (χ2v) is 6.14. The Kier molecular flexibility index (Phi) is 8.59. The smallest absolute Gasteiger partial charge is 0.159 e. The van der Waals surface area contributed by atoms with Gasteiger partial charge in [-0.1, -0.05) is 36.2 Å². The van der Waals surface area contributed by atoms with Gasteiger partial charge in [0.1, 0.15) is 11.5 Å². The Bertz CT molecular complexity index is 706. The normalized spacial score (nSPS) is 9.84. The Morgan fingerprint density at radius 2 is 1.76 bits per heavy atom. The van der Waals surface area contributed by atoms with Gasteiger partial charge in [-0.3, -0.25) is 4.79 Å². The fraction of sp³-hybridized carbons (Fsp3) is 0.316. The van der Waals surface area contributed by atoms with Crippen molar-refractivity contribution < 1.29 is 19.4 Å². The largest absolute Gasteiger partial charge is 0.505 e. The molecule has 6 heteroatoms. The van der Waals surface area contributed by atoms with Crippen LogP contribution in [0.5, 0.6) is 17.2 Å². The number of aromatic hydroxyl groups is 1. The number of ketones is 1. The number of phenols is 1. The van der Waals surface area contributed by atoms with E-state index in [1.165, 1.54) is 19.1 Å². The number of carbonyl (C=O) groups is 1. The predicted molar refractivity (Wildman–Crippen MR) is 102 cm³/mol. The van der Waals surface area contributed by atoms with Crippen LogP contribution < -0.4 is 9.47 Å². The molecule has 0 aliphatic rings. The van der Waals surface area contributed by atoms with Gasteiger partial charge in [0.25, 0.3) is 0 Å². The van der Waals surface area contributed by atoms with E-state index in [0.29, 0.717) is 5.56 Å². The van der Waals surface area contributed by atoms with Crippen LogP contribution in [-0.4, -0.2) is 24.6 Å². The summed E-state index contributed by atoms with van der Waals surface area (Å²) >= 11 is 11.2. The van der Waals surface area contributed by atoms with Gasteiger partial charge in [-0.15, -0.1) is 0 Å². The number of phenolic OH excluding ortho intramolecular Hbond substituents is 1. The summed E-state index contributed by atoms with van der Waals surface area (Å²) in [6.07, 6.45) is 1.02. The van der Waals surface area contributed by atoms with Crippen LogP contribution in [0.2, 0.25) is 10.0 Å². The zero-order chi connectivity index (χ0) is 19.0. The zero-order valence-electron chi connectivity index (χ0n) is 14.7. The Morgan fingerprint density at radius 1 is 1.16 bits per heavy atom. The summed E-state index contributed by atoms with van der Waals surface area (Å²) in [4.78, 5) is 10.9. The lowest BCUT2D eigenvalue weighted by atomic mass is 10.1. The summed E-state index contributed by atoms with van der Waals surface area (Å²) in [5.74, 6) is 1.43. The van der Waals surface area contributed by atoms with E-state index in [4.69, 9.17) is 37.8 Å². The molecule has 0 aliphatic heterocycles. The van der Waals surface area contributed by atoms with E-state index in [1.807, 2.05) is 25.1 Å². The highest BCUT2D eigenvalue weighted by molar-refractivity contribution is 6.37. The van der Waals surface area contributed by atoms with Crippen LogP contribution in [0.4, 0.5) is 0 Å². The van der Waals surface area contributed by atoms with Crippen molar-refractivity contribution in [2.24, 2.45) is 0 Å². The third-order valence-electron chi connectivity index (χ3n) is 3.28. The molecular formula is C19H22Cl2O4. The standard InChI is InChI=1S/C11H16O2.C8H6Cl2O2/c1-4-7-13-11-8-10(12-3)6-5-9(11)2;1-4(11)5-2-6(9)8(12)7(10)3-5/h5-6,8H,4,7H2,1-3H3;2-3,12H,1H3.